The van der Waals surface area contributed by atoms with E-state index in [0.717, 1.165) is 5.56 Å². The van der Waals surface area contributed by atoms with Crippen molar-refractivity contribution in [2.24, 2.45) is 0 Å². The van der Waals surface area contributed by atoms with Gasteiger partial charge in [0, 0.05) is 6.61 Å². The number of aromatic nitrogens is 1. The molecule has 0 atom stereocenters. The predicted molar refractivity (Wildman–Crippen MR) is 63.8 cm³/mol. The summed E-state index contributed by atoms with van der Waals surface area (Å²) in [5, 5.41) is 8.96. The summed E-state index contributed by atoms with van der Waals surface area (Å²) in [4.78, 5) is 24.8. The van der Waals surface area contributed by atoms with Crippen LogP contribution in [0.3, 0.4) is 0 Å². The maximum Gasteiger partial charge on any atom is 0.419 e. The van der Waals surface area contributed by atoms with E-state index in [1.807, 2.05) is 0 Å². The highest BCUT2D eigenvalue weighted by molar-refractivity contribution is 5.79. The summed E-state index contributed by atoms with van der Waals surface area (Å²) >= 11 is 0. The molecule has 17 heavy (non-hydrogen) atoms. The number of fused-ring (bicyclic) bond motifs is 1. The van der Waals surface area contributed by atoms with Gasteiger partial charge in [-0.1, -0.05) is 18.2 Å². The summed E-state index contributed by atoms with van der Waals surface area (Å²) in [6.07, 6.45) is 4.15. The van der Waals surface area contributed by atoms with E-state index in [4.69, 9.17) is 5.11 Å². The van der Waals surface area contributed by atoms with Crippen LogP contribution in [-0.2, 0) is 0 Å². The summed E-state index contributed by atoms with van der Waals surface area (Å²) < 4.78 is 4.44. The van der Waals surface area contributed by atoms with Crippen molar-refractivity contribution in [3.63, 3.8) is 0 Å². The van der Waals surface area contributed by atoms with E-state index in [9.17, 15) is 9.59 Å². The second-order valence-corrected chi connectivity index (χ2v) is 3.52. The van der Waals surface area contributed by atoms with Crippen LogP contribution >= 0.6 is 0 Å². The van der Waals surface area contributed by atoms with Crippen LogP contribution < -0.4 is 11.4 Å². The lowest BCUT2D eigenvalue weighted by Crippen LogP contribution is -2.14. The number of aliphatic hydroxyl groups is 1. The van der Waals surface area contributed by atoms with E-state index in [1.165, 1.54) is 0 Å². The van der Waals surface area contributed by atoms with Gasteiger partial charge in [0.25, 0.3) is 0 Å². The van der Waals surface area contributed by atoms with Crippen LogP contribution in [0.5, 0.6) is 0 Å². The molecule has 5 heteroatoms. The third-order valence-electron chi connectivity index (χ3n) is 2.29. The van der Waals surface area contributed by atoms with Crippen molar-refractivity contribution in [1.82, 2.24) is 4.98 Å². The molecule has 88 valence electrons. The zero-order valence-electron chi connectivity index (χ0n) is 8.97. The summed E-state index contributed by atoms with van der Waals surface area (Å²) in [6, 6.07) is 5.04. The molecule has 1 heterocycles. The Balaban J connectivity index is 2.51. The monoisotopic (exact) mass is 233 g/mol. The van der Waals surface area contributed by atoms with Crippen molar-refractivity contribution in [2.75, 3.05) is 6.61 Å². The van der Waals surface area contributed by atoms with Crippen molar-refractivity contribution in [1.29, 1.82) is 0 Å². The Hall–Kier alpha value is -2.14. The molecular weight excluding hydrogens is 222 g/mol. The average molecular weight is 233 g/mol. The Morgan fingerprint density at radius 2 is 2.18 bits per heavy atom. The number of nitrogens with one attached hydrogen (secondary N) is 1. The van der Waals surface area contributed by atoms with E-state index in [2.05, 4.69) is 9.40 Å². The van der Waals surface area contributed by atoms with Gasteiger partial charge in [-0.05, 0) is 24.1 Å². The molecule has 0 unspecified atom stereocenters. The fourth-order valence-corrected chi connectivity index (χ4v) is 1.51. The zero-order chi connectivity index (χ0) is 12.3. The number of hydrogen-bond acceptors (Lipinski definition) is 4. The molecule has 0 saturated heterocycles. The molecule has 0 saturated carbocycles. The third kappa shape index (κ3) is 2.51. The van der Waals surface area contributed by atoms with Gasteiger partial charge in [-0.25, -0.2) is 9.59 Å². The molecule has 0 aliphatic rings. The van der Waals surface area contributed by atoms with Crippen LogP contribution in [0.25, 0.3) is 17.0 Å². The van der Waals surface area contributed by atoms with Crippen molar-refractivity contribution >= 4 is 17.0 Å². The number of H-pyrrole nitrogens is 1. The van der Waals surface area contributed by atoms with Gasteiger partial charge < -0.3 is 9.52 Å². The number of hydrogen-bond donors (Lipinski definition) is 2. The molecule has 1 aromatic heterocycles. The number of aliphatic hydroxyl groups excluding tert-OH is 1. The first-order valence-corrected chi connectivity index (χ1v) is 5.15. The maximum atomic E-state index is 11.4. The molecule has 0 spiro atoms. The fraction of sp³-hybridized carbons (Fsp3) is 0.167. The Morgan fingerprint density at radius 1 is 1.35 bits per heavy atom. The van der Waals surface area contributed by atoms with Gasteiger partial charge in [0.15, 0.2) is 0 Å². The topological polar surface area (TPSA) is 83.3 Å². The van der Waals surface area contributed by atoms with Crippen molar-refractivity contribution in [3.05, 3.63) is 50.8 Å². The van der Waals surface area contributed by atoms with Gasteiger partial charge in [-0.15, -0.1) is 0 Å². The Labute approximate surface area is 96.0 Å². The molecule has 2 N–H and O–H groups in total. The van der Waals surface area contributed by atoms with Gasteiger partial charge in [0.05, 0.1) is 10.9 Å². The quantitative estimate of drug-likeness (QED) is 0.824. The van der Waals surface area contributed by atoms with Crippen LogP contribution in [-0.4, -0.2) is 16.7 Å². The van der Waals surface area contributed by atoms with Gasteiger partial charge in [0.1, 0.15) is 0 Å². The van der Waals surface area contributed by atoms with Crippen LogP contribution in [0, 0.1) is 0 Å². The minimum absolute atomic E-state index is 0.0829. The third-order valence-corrected chi connectivity index (χ3v) is 2.29. The lowest BCUT2D eigenvalue weighted by Gasteiger charge is -1.97. The molecule has 0 bridgehead atoms. The molecule has 0 aliphatic carbocycles. The van der Waals surface area contributed by atoms with Crippen LogP contribution in [0.2, 0.25) is 0 Å². The van der Waals surface area contributed by atoms with E-state index < -0.39 is 11.4 Å². The predicted octanol–water partition coefficient (Wildman–Crippen LogP) is 0.877. The Kier molecular flexibility index (Phi) is 3.20. The van der Waals surface area contributed by atoms with Crippen LogP contribution in [0.15, 0.2) is 38.3 Å². The standard InChI is InChI=1S/C12H11NO4/c14-6-2-1-3-8-4-5-10-9(7-8)11(15)17-12(16)13-10/h1,3-5,7,14H,2,6H2,(H,13,16). The molecule has 1 aromatic carbocycles. The second-order valence-electron chi connectivity index (χ2n) is 3.52. The van der Waals surface area contributed by atoms with E-state index in [0.29, 0.717) is 17.3 Å². The minimum Gasteiger partial charge on any atom is -0.396 e. The van der Waals surface area contributed by atoms with Crippen molar-refractivity contribution in [2.45, 2.75) is 6.42 Å². The molecule has 2 rings (SSSR count). The fourth-order valence-electron chi connectivity index (χ4n) is 1.51. The Bertz CT molecular complexity index is 666. The highest BCUT2D eigenvalue weighted by atomic mass is 16.4. The summed E-state index contributed by atoms with van der Waals surface area (Å²) in [5.74, 6) is -0.758. The normalized spacial score (nSPS) is 11.4. The first-order chi connectivity index (χ1) is 8.20. The molecule has 0 fully saturated rings. The lowest BCUT2D eigenvalue weighted by molar-refractivity contribution is 0.303. The highest BCUT2D eigenvalue weighted by Gasteiger charge is 2.02. The zero-order valence-corrected chi connectivity index (χ0v) is 8.97. The smallest absolute Gasteiger partial charge is 0.396 e. The summed E-state index contributed by atoms with van der Waals surface area (Å²) in [5.41, 5.74) is 0.608. The first kappa shape index (κ1) is 11.3. The SMILES string of the molecule is O=c1[nH]c2ccc(C=CCCO)cc2c(=O)o1. The number of rotatable bonds is 3. The van der Waals surface area contributed by atoms with Crippen molar-refractivity contribution < 1.29 is 9.52 Å². The van der Waals surface area contributed by atoms with Gasteiger partial charge >= 0.3 is 11.4 Å². The van der Waals surface area contributed by atoms with Crippen LogP contribution in [0.1, 0.15) is 12.0 Å². The Morgan fingerprint density at radius 3 is 2.94 bits per heavy atom. The first-order valence-electron chi connectivity index (χ1n) is 5.15. The molecule has 0 amide bonds. The van der Waals surface area contributed by atoms with E-state index in [1.54, 1.807) is 30.4 Å². The maximum absolute atomic E-state index is 11.4. The van der Waals surface area contributed by atoms with Crippen LogP contribution in [0.4, 0.5) is 0 Å². The average Bonchev–Trinajstić information content (AvgIpc) is 2.30. The molecule has 0 aliphatic heterocycles. The van der Waals surface area contributed by atoms with Crippen molar-refractivity contribution in [3.8, 4) is 0 Å². The largest absolute Gasteiger partial charge is 0.419 e. The molecule has 0 radical (unpaired) electrons. The lowest BCUT2D eigenvalue weighted by atomic mass is 10.1. The van der Waals surface area contributed by atoms with E-state index in [-0.39, 0.29) is 6.61 Å². The highest BCUT2D eigenvalue weighted by Crippen LogP contribution is 2.10. The molecule has 5 nitrogen and oxygen atoms in total. The number of aromatic amines is 1. The van der Waals surface area contributed by atoms with E-state index >= 15 is 0 Å². The summed E-state index contributed by atoms with van der Waals surface area (Å²) in [6.45, 7) is 0.0829. The van der Waals surface area contributed by atoms with Gasteiger partial charge in [-0.3, -0.25) is 4.98 Å². The van der Waals surface area contributed by atoms with Gasteiger partial charge in [0.2, 0.25) is 0 Å². The number of benzene rings is 1. The minimum atomic E-state index is -0.758. The van der Waals surface area contributed by atoms with Gasteiger partial charge in [-0.2, -0.15) is 0 Å². The second kappa shape index (κ2) is 4.80. The molecular formula is C12H11NO4. The summed E-state index contributed by atoms with van der Waals surface area (Å²) in [7, 11) is 0. The molecule has 2 aromatic rings.